The van der Waals surface area contributed by atoms with Gasteiger partial charge >= 0.3 is 5.97 Å². The van der Waals surface area contributed by atoms with E-state index < -0.39 is 16.0 Å². The first-order valence-electron chi connectivity index (χ1n) is 6.99. The maximum atomic E-state index is 12.1. The predicted molar refractivity (Wildman–Crippen MR) is 81.1 cm³/mol. The molecule has 0 saturated carbocycles. The highest BCUT2D eigenvalue weighted by molar-refractivity contribution is 7.89. The topological polar surface area (TPSA) is 95.5 Å². The summed E-state index contributed by atoms with van der Waals surface area (Å²) in [7, 11) is -3.67. The van der Waals surface area contributed by atoms with Crippen LogP contribution in [-0.4, -0.2) is 39.1 Å². The molecule has 0 aliphatic rings. The Labute approximate surface area is 125 Å². The molecule has 21 heavy (non-hydrogen) atoms. The third-order valence-corrected chi connectivity index (χ3v) is 4.53. The summed E-state index contributed by atoms with van der Waals surface area (Å²) in [5.74, 6) is -1.11. The molecule has 0 aromatic heterocycles. The lowest BCUT2D eigenvalue weighted by Crippen LogP contribution is -2.27. The number of carboxylic acids is 1. The second-order valence-corrected chi connectivity index (χ2v) is 6.35. The van der Waals surface area contributed by atoms with E-state index in [0.717, 1.165) is 13.1 Å². The van der Waals surface area contributed by atoms with E-state index in [1.54, 1.807) is 6.07 Å². The third kappa shape index (κ3) is 5.11. The summed E-state index contributed by atoms with van der Waals surface area (Å²) in [6.07, 6.45) is 1.21. The summed E-state index contributed by atoms with van der Waals surface area (Å²) in [6.45, 7) is 5.69. The number of nitrogens with one attached hydrogen (secondary N) is 2. The fourth-order valence-electron chi connectivity index (χ4n) is 1.91. The van der Waals surface area contributed by atoms with Gasteiger partial charge in [0.05, 0.1) is 10.5 Å². The van der Waals surface area contributed by atoms with Gasteiger partial charge in [-0.2, -0.15) is 0 Å². The van der Waals surface area contributed by atoms with Crippen molar-refractivity contribution in [3.8, 4) is 0 Å². The van der Waals surface area contributed by atoms with Crippen molar-refractivity contribution in [2.24, 2.45) is 0 Å². The molecule has 0 radical (unpaired) electrons. The minimum Gasteiger partial charge on any atom is -0.478 e. The van der Waals surface area contributed by atoms with Crippen LogP contribution >= 0.6 is 0 Å². The van der Waals surface area contributed by atoms with Crippen LogP contribution in [0.3, 0.4) is 0 Å². The predicted octanol–water partition coefficient (Wildman–Crippen LogP) is 1.23. The molecular formula is C14H22N2O4S. The van der Waals surface area contributed by atoms with Crippen LogP contribution in [0.5, 0.6) is 0 Å². The fourth-order valence-corrected chi connectivity index (χ4v) is 3.01. The summed E-state index contributed by atoms with van der Waals surface area (Å²) in [5, 5.41) is 12.2. The Kier molecular flexibility index (Phi) is 6.80. The molecule has 0 spiro atoms. The van der Waals surface area contributed by atoms with E-state index in [-0.39, 0.29) is 10.5 Å². The number of aromatic carboxylic acids is 1. The first-order chi connectivity index (χ1) is 9.92. The Balaban J connectivity index is 2.83. The van der Waals surface area contributed by atoms with Crippen LogP contribution in [0.4, 0.5) is 0 Å². The molecule has 1 rings (SSSR count). The smallest absolute Gasteiger partial charge is 0.336 e. The number of aryl methyl sites for hydroxylation is 1. The number of hydrogen-bond donors (Lipinski definition) is 3. The van der Waals surface area contributed by atoms with E-state index >= 15 is 0 Å². The molecule has 0 unspecified atom stereocenters. The van der Waals surface area contributed by atoms with Gasteiger partial charge in [-0.25, -0.2) is 17.9 Å². The molecule has 0 atom stereocenters. The van der Waals surface area contributed by atoms with E-state index in [0.29, 0.717) is 24.9 Å². The lowest BCUT2D eigenvalue weighted by molar-refractivity contribution is 0.0695. The van der Waals surface area contributed by atoms with Gasteiger partial charge in [-0.3, -0.25) is 0 Å². The Morgan fingerprint density at radius 1 is 1.24 bits per heavy atom. The molecule has 118 valence electrons. The van der Waals surface area contributed by atoms with E-state index in [1.165, 1.54) is 12.1 Å². The van der Waals surface area contributed by atoms with Gasteiger partial charge < -0.3 is 10.4 Å². The summed E-state index contributed by atoms with van der Waals surface area (Å²) in [4.78, 5) is 11.2. The van der Waals surface area contributed by atoms with Gasteiger partial charge in [-0.15, -0.1) is 0 Å². The number of rotatable bonds is 9. The Morgan fingerprint density at radius 2 is 1.95 bits per heavy atom. The van der Waals surface area contributed by atoms with Crippen LogP contribution < -0.4 is 10.0 Å². The number of sulfonamides is 1. The first kappa shape index (κ1) is 17.6. The van der Waals surface area contributed by atoms with Gasteiger partial charge in [0.2, 0.25) is 10.0 Å². The SMILES string of the molecule is CCNCCCNS(=O)(=O)c1ccc(CC)c(C(=O)O)c1. The zero-order valence-corrected chi connectivity index (χ0v) is 13.2. The molecule has 6 nitrogen and oxygen atoms in total. The van der Waals surface area contributed by atoms with Crippen molar-refractivity contribution in [3.05, 3.63) is 29.3 Å². The van der Waals surface area contributed by atoms with Crippen molar-refractivity contribution >= 4 is 16.0 Å². The second-order valence-electron chi connectivity index (χ2n) is 4.58. The number of carboxylic acid groups (broad SMARTS) is 1. The van der Waals surface area contributed by atoms with E-state index in [9.17, 15) is 13.2 Å². The van der Waals surface area contributed by atoms with Crippen LogP contribution in [-0.2, 0) is 16.4 Å². The highest BCUT2D eigenvalue weighted by Crippen LogP contribution is 2.17. The summed E-state index contributed by atoms with van der Waals surface area (Å²) >= 11 is 0. The summed E-state index contributed by atoms with van der Waals surface area (Å²) < 4.78 is 26.7. The van der Waals surface area contributed by atoms with E-state index in [4.69, 9.17) is 5.11 Å². The lowest BCUT2D eigenvalue weighted by atomic mass is 10.1. The molecule has 0 aliphatic carbocycles. The fraction of sp³-hybridized carbons (Fsp3) is 0.500. The molecule has 0 heterocycles. The molecule has 1 aromatic carbocycles. The summed E-state index contributed by atoms with van der Waals surface area (Å²) in [6, 6.07) is 4.21. The van der Waals surface area contributed by atoms with Gasteiger partial charge in [0.15, 0.2) is 0 Å². The standard InChI is InChI=1S/C14H22N2O4S/c1-3-11-6-7-12(10-13(11)14(17)18)21(19,20)16-9-5-8-15-4-2/h6-7,10,15-16H,3-5,8-9H2,1-2H3,(H,17,18). The maximum absolute atomic E-state index is 12.1. The molecule has 0 bridgehead atoms. The van der Waals surface area contributed by atoms with Crippen molar-refractivity contribution < 1.29 is 18.3 Å². The van der Waals surface area contributed by atoms with Crippen molar-refractivity contribution in [2.75, 3.05) is 19.6 Å². The zero-order valence-electron chi connectivity index (χ0n) is 12.3. The quantitative estimate of drug-likeness (QED) is 0.596. The minimum atomic E-state index is -3.67. The minimum absolute atomic E-state index is 0.0134. The Hall–Kier alpha value is -1.44. The monoisotopic (exact) mass is 314 g/mol. The molecule has 0 amide bonds. The molecular weight excluding hydrogens is 292 g/mol. The zero-order chi connectivity index (χ0) is 15.9. The maximum Gasteiger partial charge on any atom is 0.336 e. The number of benzene rings is 1. The first-order valence-corrected chi connectivity index (χ1v) is 8.47. The molecule has 0 fully saturated rings. The van der Waals surface area contributed by atoms with Crippen molar-refractivity contribution in [1.29, 1.82) is 0 Å². The molecule has 7 heteroatoms. The van der Waals surface area contributed by atoms with Crippen molar-refractivity contribution in [1.82, 2.24) is 10.0 Å². The summed E-state index contributed by atoms with van der Waals surface area (Å²) in [5.41, 5.74) is 0.654. The largest absolute Gasteiger partial charge is 0.478 e. The van der Waals surface area contributed by atoms with Gasteiger partial charge in [0.1, 0.15) is 0 Å². The van der Waals surface area contributed by atoms with Gasteiger partial charge in [-0.1, -0.05) is 19.9 Å². The highest BCUT2D eigenvalue weighted by atomic mass is 32.2. The third-order valence-electron chi connectivity index (χ3n) is 3.08. The van der Waals surface area contributed by atoms with E-state index in [1.807, 2.05) is 13.8 Å². The average Bonchev–Trinajstić information content (AvgIpc) is 2.46. The van der Waals surface area contributed by atoms with Gasteiger partial charge in [0.25, 0.3) is 0 Å². The van der Waals surface area contributed by atoms with Crippen LogP contribution in [0, 0.1) is 0 Å². The lowest BCUT2D eigenvalue weighted by Gasteiger charge is -2.10. The van der Waals surface area contributed by atoms with Crippen LogP contribution in [0.1, 0.15) is 36.2 Å². The van der Waals surface area contributed by atoms with Gasteiger partial charge in [-0.05, 0) is 43.6 Å². The Bertz CT molecular complexity index is 585. The van der Waals surface area contributed by atoms with Crippen LogP contribution in [0.25, 0.3) is 0 Å². The average molecular weight is 314 g/mol. The Morgan fingerprint density at radius 3 is 2.52 bits per heavy atom. The van der Waals surface area contributed by atoms with Crippen molar-refractivity contribution in [2.45, 2.75) is 31.6 Å². The normalized spacial score (nSPS) is 11.5. The number of carbonyl (C=O) groups is 1. The molecule has 1 aromatic rings. The van der Waals surface area contributed by atoms with Crippen LogP contribution in [0.2, 0.25) is 0 Å². The molecule has 0 saturated heterocycles. The molecule has 3 N–H and O–H groups in total. The van der Waals surface area contributed by atoms with Gasteiger partial charge in [0, 0.05) is 6.54 Å². The van der Waals surface area contributed by atoms with Crippen LogP contribution in [0.15, 0.2) is 23.1 Å². The number of hydrogen-bond acceptors (Lipinski definition) is 4. The second kappa shape index (κ2) is 8.11. The molecule has 0 aliphatic heterocycles. The van der Waals surface area contributed by atoms with Crippen molar-refractivity contribution in [3.63, 3.8) is 0 Å². The highest BCUT2D eigenvalue weighted by Gasteiger charge is 2.17. The van der Waals surface area contributed by atoms with E-state index in [2.05, 4.69) is 10.0 Å².